The van der Waals surface area contributed by atoms with Crippen molar-refractivity contribution in [2.75, 3.05) is 0 Å². The molecule has 1 aliphatic heterocycles. The van der Waals surface area contributed by atoms with Crippen LogP contribution in [0, 0.1) is 30.9 Å². The molecule has 2 aromatic carbocycles. The lowest BCUT2D eigenvalue weighted by Crippen LogP contribution is -2.30. The van der Waals surface area contributed by atoms with Gasteiger partial charge in [0.05, 0.1) is 17.2 Å². The molecule has 3 amide bonds. The number of nitrogens with one attached hydrogen (secondary N) is 1. The van der Waals surface area contributed by atoms with Gasteiger partial charge in [0.25, 0.3) is 11.6 Å². The maximum absolute atomic E-state index is 12.9. The van der Waals surface area contributed by atoms with Gasteiger partial charge < -0.3 is 9.88 Å². The Labute approximate surface area is 184 Å². The summed E-state index contributed by atoms with van der Waals surface area (Å²) in [7, 11) is 0. The molecule has 8 heteroatoms. The summed E-state index contributed by atoms with van der Waals surface area (Å²) in [6.45, 7) is 5.91. The molecule has 8 nitrogen and oxygen atoms in total. The number of nitro benzene ring substituents is 1. The van der Waals surface area contributed by atoms with E-state index in [0.29, 0.717) is 5.69 Å². The van der Waals surface area contributed by atoms with Crippen molar-refractivity contribution in [3.8, 4) is 5.69 Å². The normalized spacial score (nSPS) is 14.8. The minimum absolute atomic E-state index is 0.000105. The fraction of sp³-hybridized carbons (Fsp3) is 0.167. The lowest BCUT2D eigenvalue weighted by atomic mass is 10.1. The summed E-state index contributed by atoms with van der Waals surface area (Å²) in [5.74, 6) is -0.393. The van der Waals surface area contributed by atoms with Gasteiger partial charge in [-0.3, -0.25) is 19.8 Å². The zero-order chi connectivity index (χ0) is 23.0. The van der Waals surface area contributed by atoms with Crippen molar-refractivity contribution in [1.82, 2.24) is 14.8 Å². The molecule has 1 N–H and O–H groups in total. The number of aryl methyl sites for hydroxylation is 2. The van der Waals surface area contributed by atoms with Gasteiger partial charge in [-0.25, -0.2) is 4.79 Å². The Morgan fingerprint density at radius 3 is 2.44 bits per heavy atom. The number of hydrogen-bond acceptors (Lipinski definition) is 4. The van der Waals surface area contributed by atoms with E-state index in [1.54, 1.807) is 18.2 Å². The number of carbonyl (C=O) groups excluding carboxylic acids is 2. The number of aromatic nitrogens is 1. The van der Waals surface area contributed by atoms with Crippen LogP contribution in [0.3, 0.4) is 0 Å². The van der Waals surface area contributed by atoms with E-state index in [1.807, 2.05) is 55.7 Å². The van der Waals surface area contributed by atoms with Gasteiger partial charge in [-0.05, 0) is 50.1 Å². The van der Waals surface area contributed by atoms with Gasteiger partial charge in [-0.15, -0.1) is 0 Å². The highest BCUT2D eigenvalue weighted by atomic mass is 16.6. The van der Waals surface area contributed by atoms with Gasteiger partial charge >= 0.3 is 6.03 Å². The molecular weight excluding hydrogens is 408 g/mol. The number of imide groups is 1. The highest BCUT2D eigenvalue weighted by Gasteiger charge is 2.33. The molecule has 1 saturated heterocycles. The van der Waals surface area contributed by atoms with E-state index in [9.17, 15) is 19.7 Å². The van der Waals surface area contributed by atoms with Crippen molar-refractivity contribution >= 4 is 23.7 Å². The maximum Gasteiger partial charge on any atom is 0.329 e. The first-order valence-electron chi connectivity index (χ1n) is 10.1. The molecule has 1 aliphatic rings. The van der Waals surface area contributed by atoms with Crippen molar-refractivity contribution in [3.63, 3.8) is 0 Å². The number of urea groups is 1. The van der Waals surface area contributed by atoms with E-state index < -0.39 is 16.9 Å². The van der Waals surface area contributed by atoms with Crippen LogP contribution < -0.4 is 5.32 Å². The number of nitrogens with zero attached hydrogens (tertiary/aromatic N) is 3. The van der Waals surface area contributed by atoms with E-state index in [0.717, 1.165) is 28.1 Å². The SMILES string of the molecule is Cc1ccc(CN2C(=O)N/C(=C/c3cc(C)n(-c4cccc([N+](=O)[O-])c4)c3C)C2=O)cc1. The Bertz CT molecular complexity index is 1270. The molecule has 2 heterocycles. The number of carbonyl (C=O) groups is 2. The van der Waals surface area contributed by atoms with Crippen molar-refractivity contribution < 1.29 is 14.5 Å². The van der Waals surface area contributed by atoms with E-state index in [-0.39, 0.29) is 17.9 Å². The summed E-state index contributed by atoms with van der Waals surface area (Å²) < 4.78 is 1.88. The van der Waals surface area contributed by atoms with Crippen LogP contribution in [0.25, 0.3) is 11.8 Å². The largest absolute Gasteiger partial charge is 0.329 e. The fourth-order valence-corrected chi connectivity index (χ4v) is 3.82. The monoisotopic (exact) mass is 430 g/mol. The first-order valence-corrected chi connectivity index (χ1v) is 10.1. The Morgan fingerprint density at radius 2 is 1.75 bits per heavy atom. The van der Waals surface area contributed by atoms with Gasteiger partial charge in [-0.1, -0.05) is 35.9 Å². The molecule has 1 aromatic heterocycles. The van der Waals surface area contributed by atoms with Crippen LogP contribution >= 0.6 is 0 Å². The van der Waals surface area contributed by atoms with E-state index >= 15 is 0 Å². The predicted octanol–water partition coefficient (Wildman–Crippen LogP) is 4.40. The third-order valence-electron chi connectivity index (χ3n) is 5.49. The average molecular weight is 430 g/mol. The maximum atomic E-state index is 12.9. The molecule has 32 heavy (non-hydrogen) atoms. The first-order chi connectivity index (χ1) is 15.2. The number of non-ortho nitro benzene ring substituents is 1. The number of benzene rings is 2. The third-order valence-corrected chi connectivity index (χ3v) is 5.49. The second-order valence-corrected chi connectivity index (χ2v) is 7.80. The van der Waals surface area contributed by atoms with Gasteiger partial charge in [0.1, 0.15) is 5.70 Å². The molecule has 0 aliphatic carbocycles. The van der Waals surface area contributed by atoms with Crippen LogP contribution in [0.1, 0.15) is 28.1 Å². The molecule has 4 rings (SSSR count). The zero-order valence-corrected chi connectivity index (χ0v) is 18.0. The summed E-state index contributed by atoms with van der Waals surface area (Å²) in [6.07, 6.45) is 1.64. The Kier molecular flexibility index (Phi) is 5.36. The minimum atomic E-state index is -0.464. The minimum Gasteiger partial charge on any atom is -0.318 e. The summed E-state index contributed by atoms with van der Waals surface area (Å²) >= 11 is 0. The van der Waals surface area contributed by atoms with Crippen molar-refractivity contribution in [1.29, 1.82) is 0 Å². The van der Waals surface area contributed by atoms with Gasteiger partial charge in [0.15, 0.2) is 0 Å². The van der Waals surface area contributed by atoms with Crippen LogP contribution in [0.2, 0.25) is 0 Å². The third kappa shape index (κ3) is 3.90. The fourth-order valence-electron chi connectivity index (χ4n) is 3.82. The smallest absolute Gasteiger partial charge is 0.318 e. The summed E-state index contributed by atoms with van der Waals surface area (Å²) in [5.41, 5.74) is 5.21. The zero-order valence-electron chi connectivity index (χ0n) is 18.0. The van der Waals surface area contributed by atoms with Crippen molar-refractivity contribution in [3.05, 3.63) is 98.5 Å². The highest BCUT2D eigenvalue weighted by Crippen LogP contribution is 2.26. The van der Waals surface area contributed by atoms with E-state index in [4.69, 9.17) is 0 Å². The molecule has 1 fully saturated rings. The van der Waals surface area contributed by atoms with Crippen LogP contribution in [0.4, 0.5) is 10.5 Å². The Balaban J connectivity index is 1.63. The molecule has 0 bridgehead atoms. The van der Waals surface area contributed by atoms with Crippen LogP contribution in [-0.4, -0.2) is 26.3 Å². The van der Waals surface area contributed by atoms with Crippen molar-refractivity contribution in [2.45, 2.75) is 27.3 Å². The number of rotatable bonds is 5. The molecule has 0 atom stereocenters. The number of hydrogen-bond donors (Lipinski definition) is 1. The predicted molar refractivity (Wildman–Crippen MR) is 120 cm³/mol. The lowest BCUT2D eigenvalue weighted by Gasteiger charge is -2.11. The number of amides is 3. The Morgan fingerprint density at radius 1 is 1.03 bits per heavy atom. The second kappa shape index (κ2) is 8.14. The molecule has 0 radical (unpaired) electrons. The standard InChI is InChI=1S/C24H22N4O4/c1-15-7-9-18(10-8-15)14-26-23(29)22(25-24(26)30)12-19-11-16(2)27(17(19)3)20-5-4-6-21(13-20)28(31)32/h4-13H,14H2,1-3H3,(H,25,30)/b22-12+. The lowest BCUT2D eigenvalue weighted by molar-refractivity contribution is -0.384. The summed E-state index contributed by atoms with van der Waals surface area (Å²) in [4.78, 5) is 37.2. The molecule has 0 spiro atoms. The van der Waals surface area contributed by atoms with E-state index in [1.165, 1.54) is 17.0 Å². The highest BCUT2D eigenvalue weighted by molar-refractivity contribution is 6.14. The van der Waals surface area contributed by atoms with Gasteiger partial charge in [0, 0.05) is 23.5 Å². The molecule has 162 valence electrons. The molecular formula is C24H22N4O4. The summed E-state index contributed by atoms with van der Waals surface area (Å²) in [6, 6.07) is 15.4. The quantitative estimate of drug-likeness (QED) is 0.281. The molecule has 0 unspecified atom stereocenters. The van der Waals surface area contributed by atoms with Crippen LogP contribution in [-0.2, 0) is 11.3 Å². The van der Waals surface area contributed by atoms with E-state index in [2.05, 4.69) is 5.32 Å². The summed E-state index contributed by atoms with van der Waals surface area (Å²) in [5, 5.41) is 13.8. The average Bonchev–Trinajstić information content (AvgIpc) is 3.19. The first kappa shape index (κ1) is 21.0. The topological polar surface area (TPSA) is 97.5 Å². The van der Waals surface area contributed by atoms with Gasteiger partial charge in [-0.2, -0.15) is 0 Å². The van der Waals surface area contributed by atoms with Crippen LogP contribution in [0.5, 0.6) is 0 Å². The number of nitro groups is 1. The Hall–Kier alpha value is -4.20. The second-order valence-electron chi connectivity index (χ2n) is 7.80. The molecule has 3 aromatic rings. The van der Waals surface area contributed by atoms with Crippen molar-refractivity contribution in [2.24, 2.45) is 0 Å². The van der Waals surface area contributed by atoms with Crippen LogP contribution in [0.15, 0.2) is 60.3 Å². The molecule has 0 saturated carbocycles. The van der Waals surface area contributed by atoms with Gasteiger partial charge in [0.2, 0.25) is 0 Å².